The predicted molar refractivity (Wildman–Crippen MR) is 124 cm³/mol. The Morgan fingerprint density at radius 1 is 1.21 bits per heavy atom. The van der Waals surface area contributed by atoms with Gasteiger partial charge in [0.2, 0.25) is 20.9 Å². The molecule has 0 aliphatic carbocycles. The van der Waals surface area contributed by atoms with E-state index in [-0.39, 0.29) is 26.1 Å². The molecule has 0 aliphatic rings. The van der Waals surface area contributed by atoms with Gasteiger partial charge in [0, 0.05) is 49.6 Å². The van der Waals surface area contributed by atoms with Crippen molar-refractivity contribution in [2.24, 2.45) is 0 Å². The van der Waals surface area contributed by atoms with E-state index < -0.39 is 32.5 Å². The van der Waals surface area contributed by atoms with Crippen molar-refractivity contribution in [1.29, 1.82) is 0 Å². The zero-order valence-electron chi connectivity index (χ0n) is 18.7. The zero-order chi connectivity index (χ0) is 24.6. The van der Waals surface area contributed by atoms with Crippen LogP contribution in [0.3, 0.4) is 0 Å². The number of nitrogens with zero attached hydrogens (tertiary/aromatic N) is 4. The smallest absolute Gasteiger partial charge is 0.307 e. The first kappa shape index (κ1) is 26.0. The lowest BCUT2D eigenvalue weighted by molar-refractivity contribution is -0.143. The number of hydrogen-bond donors (Lipinski definition) is 1. The van der Waals surface area contributed by atoms with Crippen LogP contribution in [0.5, 0.6) is 0 Å². The van der Waals surface area contributed by atoms with Gasteiger partial charge >= 0.3 is 5.97 Å². The molecular formula is C21H27F2N5O4S2. The number of fused-ring (bicyclic) bond motifs is 1. The Kier molecular flexibility index (Phi) is 9.30. The van der Waals surface area contributed by atoms with Gasteiger partial charge in [-0.05, 0) is 31.9 Å². The summed E-state index contributed by atoms with van der Waals surface area (Å²) in [7, 11) is -4.25. The maximum Gasteiger partial charge on any atom is 0.307 e. The Hall–Kier alpha value is -2.64. The number of benzene rings is 1. The molecule has 0 amide bonds. The van der Waals surface area contributed by atoms with Crippen LogP contribution in [0.15, 0.2) is 35.5 Å². The molecule has 3 rings (SSSR count). The number of anilines is 1. The number of rotatable bonds is 14. The monoisotopic (exact) mass is 515 g/mol. The van der Waals surface area contributed by atoms with Crippen molar-refractivity contribution < 1.29 is 26.7 Å². The van der Waals surface area contributed by atoms with Crippen LogP contribution in [0.4, 0.5) is 14.7 Å². The summed E-state index contributed by atoms with van der Waals surface area (Å²) < 4.78 is 65.5. The molecule has 34 heavy (non-hydrogen) atoms. The highest BCUT2D eigenvalue weighted by molar-refractivity contribution is 7.89. The number of sulfonamides is 1. The van der Waals surface area contributed by atoms with E-state index in [1.165, 1.54) is 11.5 Å². The first-order valence-corrected chi connectivity index (χ1v) is 13.2. The quantitative estimate of drug-likeness (QED) is 0.258. The van der Waals surface area contributed by atoms with Gasteiger partial charge in [0.15, 0.2) is 0 Å². The molecule has 9 nitrogen and oxygen atoms in total. The van der Waals surface area contributed by atoms with Crippen LogP contribution >= 0.6 is 11.5 Å². The lowest BCUT2D eigenvalue weighted by Crippen LogP contribution is -2.34. The van der Waals surface area contributed by atoms with Gasteiger partial charge in [-0.1, -0.05) is 12.8 Å². The Morgan fingerprint density at radius 2 is 2.00 bits per heavy atom. The SMILES string of the molecule is CCOC(=O)CCN(CCCCCCNc1nsc2nccn12)S(=O)(=O)c1ccc(F)cc1F. The predicted octanol–water partition coefficient (Wildman–Crippen LogP) is 3.69. The molecule has 0 unspecified atom stereocenters. The number of imidazole rings is 1. The van der Waals surface area contributed by atoms with E-state index in [0.717, 1.165) is 46.6 Å². The number of carbonyl (C=O) groups excluding carboxylic acids is 1. The third kappa shape index (κ3) is 6.70. The maximum atomic E-state index is 14.2. The third-order valence-corrected chi connectivity index (χ3v) is 7.71. The van der Waals surface area contributed by atoms with E-state index in [9.17, 15) is 22.0 Å². The highest BCUT2D eigenvalue weighted by Gasteiger charge is 2.28. The molecule has 0 bridgehead atoms. The number of halogens is 2. The molecule has 0 saturated heterocycles. The Labute approximate surface area is 201 Å². The minimum absolute atomic E-state index is 0.105. The van der Waals surface area contributed by atoms with Crippen LogP contribution in [-0.2, 0) is 19.6 Å². The maximum absolute atomic E-state index is 14.2. The number of aromatic nitrogens is 3. The number of ether oxygens (including phenoxy) is 1. The van der Waals surface area contributed by atoms with E-state index in [4.69, 9.17) is 4.74 Å². The fourth-order valence-corrected chi connectivity index (χ4v) is 5.54. The van der Waals surface area contributed by atoms with E-state index >= 15 is 0 Å². The van der Waals surface area contributed by atoms with Crippen LogP contribution < -0.4 is 5.32 Å². The van der Waals surface area contributed by atoms with E-state index in [0.29, 0.717) is 19.0 Å². The second kappa shape index (κ2) is 12.2. The Bertz CT molecular complexity index is 1200. The summed E-state index contributed by atoms with van der Waals surface area (Å²) in [6, 6.07) is 2.33. The molecule has 2 heterocycles. The summed E-state index contributed by atoms with van der Waals surface area (Å²) in [5.74, 6) is -1.84. The van der Waals surface area contributed by atoms with Crippen molar-refractivity contribution in [2.75, 3.05) is 31.6 Å². The van der Waals surface area contributed by atoms with Crippen molar-refractivity contribution >= 4 is 38.4 Å². The number of esters is 1. The Balaban J connectivity index is 1.51. The second-order valence-electron chi connectivity index (χ2n) is 7.46. The molecular weight excluding hydrogens is 488 g/mol. The van der Waals surface area contributed by atoms with Crippen molar-refractivity contribution in [3.05, 3.63) is 42.2 Å². The second-order valence-corrected chi connectivity index (χ2v) is 10.1. The van der Waals surface area contributed by atoms with Crippen LogP contribution in [-0.4, -0.2) is 58.7 Å². The number of unbranched alkanes of at least 4 members (excludes halogenated alkanes) is 3. The summed E-state index contributed by atoms with van der Waals surface area (Å²) in [5.41, 5.74) is 0. The van der Waals surface area contributed by atoms with Gasteiger partial charge < -0.3 is 10.1 Å². The molecule has 186 valence electrons. The largest absolute Gasteiger partial charge is 0.466 e. The molecule has 13 heteroatoms. The van der Waals surface area contributed by atoms with Crippen molar-refractivity contribution in [2.45, 2.75) is 43.9 Å². The van der Waals surface area contributed by atoms with Crippen molar-refractivity contribution in [1.82, 2.24) is 18.1 Å². The molecule has 3 aromatic rings. The van der Waals surface area contributed by atoms with Crippen LogP contribution in [0.2, 0.25) is 0 Å². The minimum atomic E-state index is -4.25. The lowest BCUT2D eigenvalue weighted by Gasteiger charge is -2.22. The fraction of sp³-hybridized carbons (Fsp3) is 0.476. The van der Waals surface area contributed by atoms with Gasteiger partial charge in [0.1, 0.15) is 16.5 Å². The van der Waals surface area contributed by atoms with E-state index in [2.05, 4.69) is 14.7 Å². The third-order valence-electron chi connectivity index (χ3n) is 5.05. The minimum Gasteiger partial charge on any atom is -0.466 e. The molecule has 2 aromatic heterocycles. The standard InChI is InChI=1S/C21H27F2N5O4S2/c1-2-32-19(29)9-13-27(34(30,31)18-8-7-16(22)15-17(18)23)12-6-4-3-5-10-24-20-26-33-21-25-11-14-28(20)21/h7-8,11,14-15H,2-6,9-10,12-13H2,1H3,(H,24,26). The van der Waals surface area contributed by atoms with Crippen LogP contribution in [0, 0.1) is 11.6 Å². The van der Waals surface area contributed by atoms with Gasteiger partial charge in [0.05, 0.1) is 13.0 Å². The highest BCUT2D eigenvalue weighted by Crippen LogP contribution is 2.21. The van der Waals surface area contributed by atoms with Gasteiger partial charge in [-0.2, -0.15) is 8.68 Å². The number of hydrogen-bond acceptors (Lipinski definition) is 8. The van der Waals surface area contributed by atoms with Crippen LogP contribution in [0.1, 0.15) is 39.0 Å². The summed E-state index contributed by atoms with van der Waals surface area (Å²) >= 11 is 1.30. The Morgan fingerprint density at radius 3 is 2.76 bits per heavy atom. The number of nitrogens with one attached hydrogen (secondary N) is 1. The summed E-state index contributed by atoms with van der Waals surface area (Å²) in [6.07, 6.45) is 6.31. The van der Waals surface area contributed by atoms with Gasteiger partial charge in [0.25, 0.3) is 0 Å². The summed E-state index contributed by atoms with van der Waals surface area (Å²) in [6.45, 7) is 2.49. The lowest BCUT2D eigenvalue weighted by atomic mass is 10.2. The van der Waals surface area contributed by atoms with E-state index in [1.54, 1.807) is 13.1 Å². The number of carbonyl (C=O) groups is 1. The first-order valence-electron chi connectivity index (χ1n) is 11.0. The van der Waals surface area contributed by atoms with Gasteiger partial charge in [-0.3, -0.25) is 9.20 Å². The molecule has 0 spiro atoms. The topological polar surface area (TPSA) is 106 Å². The van der Waals surface area contributed by atoms with Crippen molar-refractivity contribution in [3.63, 3.8) is 0 Å². The summed E-state index contributed by atoms with van der Waals surface area (Å²) in [5, 5.41) is 3.25. The average Bonchev–Trinajstić information content (AvgIpc) is 3.39. The average molecular weight is 516 g/mol. The molecule has 1 N–H and O–H groups in total. The summed E-state index contributed by atoms with van der Waals surface area (Å²) in [4.78, 5) is 16.1. The van der Waals surface area contributed by atoms with Crippen molar-refractivity contribution in [3.8, 4) is 0 Å². The molecule has 0 atom stereocenters. The zero-order valence-corrected chi connectivity index (χ0v) is 20.4. The van der Waals surface area contributed by atoms with Gasteiger partial charge in [-0.25, -0.2) is 22.2 Å². The molecule has 0 radical (unpaired) electrons. The molecule has 0 saturated carbocycles. The van der Waals surface area contributed by atoms with Gasteiger partial charge in [-0.15, -0.1) is 0 Å². The fourth-order valence-electron chi connectivity index (χ4n) is 3.36. The highest BCUT2D eigenvalue weighted by atomic mass is 32.2. The normalized spacial score (nSPS) is 11.9. The van der Waals surface area contributed by atoms with E-state index in [1.807, 2.05) is 10.6 Å². The first-order chi connectivity index (χ1) is 16.3. The van der Waals surface area contributed by atoms with Crippen LogP contribution in [0.25, 0.3) is 4.96 Å². The molecule has 1 aromatic carbocycles. The molecule has 0 aliphatic heterocycles. The molecule has 0 fully saturated rings.